The molecule has 0 bridgehead atoms. The van der Waals surface area contributed by atoms with Crippen molar-refractivity contribution in [2.24, 2.45) is 18.7 Å². The number of hydrogen-bond acceptors (Lipinski definition) is 5. The molecule has 1 amide bonds. The highest BCUT2D eigenvalue weighted by Gasteiger charge is 2.24. The molecule has 2 rings (SSSR count). The Labute approximate surface area is 114 Å². The van der Waals surface area contributed by atoms with E-state index in [-0.39, 0.29) is 12.2 Å². The van der Waals surface area contributed by atoms with E-state index in [9.17, 15) is 14.7 Å². The summed E-state index contributed by atoms with van der Waals surface area (Å²) >= 11 is 0. The molecule has 2 aromatic heterocycles. The second-order valence-corrected chi connectivity index (χ2v) is 4.47. The van der Waals surface area contributed by atoms with E-state index in [1.165, 1.54) is 17.2 Å². The second-order valence-electron chi connectivity index (χ2n) is 4.47. The van der Waals surface area contributed by atoms with Crippen LogP contribution in [-0.4, -0.2) is 41.5 Å². The summed E-state index contributed by atoms with van der Waals surface area (Å²) in [7, 11) is 1.73. The maximum Gasteiger partial charge on any atom is 0.358 e. The summed E-state index contributed by atoms with van der Waals surface area (Å²) in [5, 5.41) is 16.6. The van der Waals surface area contributed by atoms with Crippen LogP contribution < -0.4 is 5.73 Å². The number of carbonyl (C=O) groups excluding carboxylic acids is 1. The third-order valence-electron chi connectivity index (χ3n) is 2.93. The average molecular weight is 278 g/mol. The molecule has 0 saturated heterocycles. The summed E-state index contributed by atoms with van der Waals surface area (Å²) < 4.78 is 3.01. The first kappa shape index (κ1) is 13.7. The molecule has 3 N–H and O–H groups in total. The van der Waals surface area contributed by atoms with Crippen LogP contribution in [0.5, 0.6) is 0 Å². The molecule has 0 saturated carbocycles. The molecule has 0 aliphatic heterocycles. The highest BCUT2D eigenvalue weighted by Crippen LogP contribution is 2.22. The van der Waals surface area contributed by atoms with E-state index < -0.39 is 17.8 Å². The second kappa shape index (κ2) is 5.11. The van der Waals surface area contributed by atoms with Gasteiger partial charge in [-0.2, -0.15) is 0 Å². The molecule has 0 radical (unpaired) electrons. The lowest BCUT2D eigenvalue weighted by molar-refractivity contribution is -0.121. The van der Waals surface area contributed by atoms with Gasteiger partial charge in [-0.3, -0.25) is 4.79 Å². The third kappa shape index (κ3) is 2.37. The molecule has 0 aliphatic rings. The van der Waals surface area contributed by atoms with Gasteiger partial charge in [0.1, 0.15) is 5.69 Å². The van der Waals surface area contributed by atoms with Gasteiger partial charge in [0.05, 0.1) is 30.7 Å². The standard InChI is InChI=1S/C11H14N6O3/c1-6(10(12)18)4-17-9(7-3-13-5-16(7)2)8(11(19)20)14-15-17/h3,5-6H,4H2,1-2H3,(H2,12,18)(H,19,20). The lowest BCUT2D eigenvalue weighted by Gasteiger charge is -2.10. The van der Waals surface area contributed by atoms with Gasteiger partial charge in [0, 0.05) is 7.05 Å². The molecule has 2 aromatic rings. The fraction of sp³-hybridized carbons (Fsp3) is 0.364. The Kier molecular flexibility index (Phi) is 3.51. The molecular formula is C11H14N6O3. The normalized spacial score (nSPS) is 12.3. The van der Waals surface area contributed by atoms with Gasteiger partial charge in [-0.1, -0.05) is 12.1 Å². The first-order valence-corrected chi connectivity index (χ1v) is 5.84. The highest BCUT2D eigenvalue weighted by molar-refractivity contribution is 5.92. The lowest BCUT2D eigenvalue weighted by Crippen LogP contribution is -2.25. The van der Waals surface area contributed by atoms with Gasteiger partial charge in [0.15, 0.2) is 5.69 Å². The Hall–Kier alpha value is -2.71. The van der Waals surface area contributed by atoms with E-state index in [0.717, 1.165) is 0 Å². The quantitative estimate of drug-likeness (QED) is 0.758. The van der Waals surface area contributed by atoms with Crippen molar-refractivity contribution in [3.8, 4) is 11.4 Å². The minimum Gasteiger partial charge on any atom is -0.476 e. The first-order valence-electron chi connectivity index (χ1n) is 5.84. The van der Waals surface area contributed by atoms with Crippen molar-refractivity contribution in [1.29, 1.82) is 0 Å². The molecule has 1 unspecified atom stereocenters. The molecule has 1 atom stereocenters. The van der Waals surface area contributed by atoms with Crippen molar-refractivity contribution < 1.29 is 14.7 Å². The molecule has 0 aromatic carbocycles. The molecule has 9 heteroatoms. The van der Waals surface area contributed by atoms with Crippen LogP contribution in [0.15, 0.2) is 12.5 Å². The number of carboxylic acids is 1. The summed E-state index contributed by atoms with van der Waals surface area (Å²) in [4.78, 5) is 26.3. The summed E-state index contributed by atoms with van der Waals surface area (Å²) in [5.74, 6) is -2.18. The Morgan fingerprint density at radius 2 is 2.20 bits per heavy atom. The maximum atomic E-state index is 11.2. The highest BCUT2D eigenvalue weighted by atomic mass is 16.4. The summed E-state index contributed by atoms with van der Waals surface area (Å²) in [5.41, 5.74) is 5.87. The zero-order valence-corrected chi connectivity index (χ0v) is 11.0. The van der Waals surface area contributed by atoms with Crippen molar-refractivity contribution >= 4 is 11.9 Å². The topological polar surface area (TPSA) is 129 Å². The molecule has 106 valence electrons. The predicted molar refractivity (Wildman–Crippen MR) is 67.5 cm³/mol. The number of aromatic carboxylic acids is 1. The molecule has 0 aliphatic carbocycles. The molecule has 9 nitrogen and oxygen atoms in total. The van der Waals surface area contributed by atoms with Crippen molar-refractivity contribution in [1.82, 2.24) is 24.5 Å². The molecule has 2 heterocycles. The van der Waals surface area contributed by atoms with Crippen LogP contribution in [-0.2, 0) is 18.4 Å². The Bertz CT molecular complexity index is 659. The number of amides is 1. The van der Waals surface area contributed by atoms with Crippen LogP contribution in [0.3, 0.4) is 0 Å². The number of nitrogens with zero attached hydrogens (tertiary/aromatic N) is 5. The summed E-state index contributed by atoms with van der Waals surface area (Å²) in [6.45, 7) is 1.79. The minimum absolute atomic E-state index is 0.149. The third-order valence-corrected chi connectivity index (χ3v) is 2.93. The van der Waals surface area contributed by atoms with E-state index >= 15 is 0 Å². The van der Waals surface area contributed by atoms with Crippen LogP contribution >= 0.6 is 0 Å². The number of nitrogens with two attached hydrogens (primary N) is 1. The van der Waals surface area contributed by atoms with Gasteiger partial charge < -0.3 is 15.4 Å². The van der Waals surface area contributed by atoms with Crippen molar-refractivity contribution in [2.45, 2.75) is 13.5 Å². The number of aromatic nitrogens is 5. The Balaban J connectivity index is 2.51. The fourth-order valence-electron chi connectivity index (χ4n) is 1.77. The van der Waals surface area contributed by atoms with E-state index in [2.05, 4.69) is 15.3 Å². The molecular weight excluding hydrogens is 264 g/mol. The van der Waals surface area contributed by atoms with Crippen LogP contribution in [0.4, 0.5) is 0 Å². The number of rotatable bonds is 5. The average Bonchev–Trinajstić information content (AvgIpc) is 2.95. The van der Waals surface area contributed by atoms with Crippen LogP contribution in [0.25, 0.3) is 11.4 Å². The van der Waals surface area contributed by atoms with Crippen LogP contribution in [0.1, 0.15) is 17.4 Å². The van der Waals surface area contributed by atoms with Crippen LogP contribution in [0, 0.1) is 5.92 Å². The van der Waals surface area contributed by atoms with Gasteiger partial charge in [0.2, 0.25) is 5.91 Å². The van der Waals surface area contributed by atoms with E-state index in [0.29, 0.717) is 11.4 Å². The summed E-state index contributed by atoms with van der Waals surface area (Å²) in [6.07, 6.45) is 3.05. The predicted octanol–water partition coefficient (Wildman–Crippen LogP) is -0.502. The van der Waals surface area contributed by atoms with E-state index in [4.69, 9.17) is 5.73 Å². The van der Waals surface area contributed by atoms with Gasteiger partial charge >= 0.3 is 5.97 Å². The van der Waals surface area contributed by atoms with Gasteiger partial charge in [-0.25, -0.2) is 14.5 Å². The van der Waals surface area contributed by atoms with Crippen molar-refractivity contribution in [3.63, 3.8) is 0 Å². The van der Waals surface area contributed by atoms with Gasteiger partial charge in [-0.05, 0) is 0 Å². The molecule has 0 fully saturated rings. The van der Waals surface area contributed by atoms with Crippen molar-refractivity contribution in [2.75, 3.05) is 0 Å². The summed E-state index contributed by atoms with van der Waals surface area (Å²) in [6, 6.07) is 0. The Morgan fingerprint density at radius 3 is 2.70 bits per heavy atom. The van der Waals surface area contributed by atoms with Gasteiger partial charge in [0.25, 0.3) is 0 Å². The fourth-order valence-corrected chi connectivity index (χ4v) is 1.77. The molecule has 20 heavy (non-hydrogen) atoms. The SMILES string of the molecule is CC(Cn1nnc(C(=O)O)c1-c1cncn1C)C(N)=O. The minimum atomic E-state index is -1.20. The lowest BCUT2D eigenvalue weighted by atomic mass is 10.1. The largest absolute Gasteiger partial charge is 0.476 e. The number of aryl methyl sites for hydroxylation is 1. The number of primary amides is 1. The molecule has 0 spiro atoms. The first-order chi connectivity index (χ1) is 9.41. The van der Waals surface area contributed by atoms with Crippen molar-refractivity contribution in [3.05, 3.63) is 18.2 Å². The number of hydrogen-bond donors (Lipinski definition) is 2. The zero-order chi connectivity index (χ0) is 14.9. The maximum absolute atomic E-state index is 11.2. The van der Waals surface area contributed by atoms with Gasteiger partial charge in [-0.15, -0.1) is 5.10 Å². The van der Waals surface area contributed by atoms with Crippen LogP contribution in [0.2, 0.25) is 0 Å². The van der Waals surface area contributed by atoms with E-state index in [1.54, 1.807) is 18.5 Å². The number of carboxylic acid groups (broad SMARTS) is 1. The Morgan fingerprint density at radius 1 is 1.50 bits per heavy atom. The zero-order valence-electron chi connectivity index (χ0n) is 11.0. The number of carbonyl (C=O) groups is 2. The number of imidazole rings is 1. The monoisotopic (exact) mass is 278 g/mol. The van der Waals surface area contributed by atoms with E-state index in [1.807, 2.05) is 0 Å². The smallest absolute Gasteiger partial charge is 0.358 e.